The molecular formula is C29H38ClN3O3. The Balaban J connectivity index is 0.00000304. The van der Waals surface area contributed by atoms with Gasteiger partial charge in [-0.2, -0.15) is 0 Å². The predicted molar refractivity (Wildman–Crippen MR) is 143 cm³/mol. The molecule has 1 atom stereocenters. The first-order chi connectivity index (χ1) is 17.0. The number of hydrogen-bond donors (Lipinski definition) is 1. The van der Waals surface area contributed by atoms with Gasteiger partial charge < -0.3 is 19.9 Å². The van der Waals surface area contributed by atoms with Crippen molar-refractivity contribution in [3.8, 4) is 5.75 Å². The van der Waals surface area contributed by atoms with E-state index in [9.17, 15) is 9.59 Å². The summed E-state index contributed by atoms with van der Waals surface area (Å²) in [6, 6.07) is 18.4. The lowest BCUT2D eigenvalue weighted by Crippen LogP contribution is -2.42. The smallest absolute Gasteiger partial charge is 0.223 e. The highest BCUT2D eigenvalue weighted by atomic mass is 35.5. The maximum Gasteiger partial charge on any atom is 0.223 e. The number of halogens is 1. The maximum atomic E-state index is 12.8. The minimum absolute atomic E-state index is 0. The highest BCUT2D eigenvalue weighted by molar-refractivity contribution is 5.85. The van der Waals surface area contributed by atoms with Crippen molar-refractivity contribution in [2.24, 2.45) is 11.3 Å². The summed E-state index contributed by atoms with van der Waals surface area (Å²) in [5.74, 6) is 1.54. The number of piperidine rings is 1. The Morgan fingerprint density at radius 1 is 1.08 bits per heavy atom. The molecule has 2 heterocycles. The molecule has 2 amide bonds. The number of likely N-dealkylation sites (tertiary alicyclic amines) is 2. The van der Waals surface area contributed by atoms with Crippen molar-refractivity contribution in [3.63, 3.8) is 0 Å². The van der Waals surface area contributed by atoms with Gasteiger partial charge in [-0.05, 0) is 73.9 Å². The summed E-state index contributed by atoms with van der Waals surface area (Å²) in [4.78, 5) is 29.9. The summed E-state index contributed by atoms with van der Waals surface area (Å²) in [6.07, 6.45) is 5.75. The van der Waals surface area contributed by atoms with Gasteiger partial charge in [0.15, 0.2) is 0 Å². The van der Waals surface area contributed by atoms with Gasteiger partial charge in [-0.3, -0.25) is 9.59 Å². The number of nitrogens with one attached hydrogen (secondary N) is 1. The van der Waals surface area contributed by atoms with E-state index in [1.807, 2.05) is 47.4 Å². The summed E-state index contributed by atoms with van der Waals surface area (Å²) in [7, 11) is 1.67. The number of ether oxygens (including phenoxy) is 1. The molecule has 3 fully saturated rings. The third-order valence-electron chi connectivity index (χ3n) is 8.05. The number of amides is 2. The Kier molecular flexibility index (Phi) is 8.58. The second kappa shape index (κ2) is 11.7. The zero-order valence-corrected chi connectivity index (χ0v) is 22.0. The van der Waals surface area contributed by atoms with Crippen LogP contribution >= 0.6 is 12.4 Å². The summed E-state index contributed by atoms with van der Waals surface area (Å²) >= 11 is 0. The number of nitrogens with zero attached hydrogens (tertiary/aromatic N) is 2. The lowest BCUT2D eigenvalue weighted by atomic mass is 9.77. The number of rotatable bonds is 9. The van der Waals surface area contributed by atoms with Crippen LogP contribution in [0, 0.1) is 11.3 Å². The van der Waals surface area contributed by atoms with E-state index in [0.29, 0.717) is 13.0 Å². The molecule has 2 aromatic carbocycles. The third kappa shape index (κ3) is 6.40. The minimum Gasteiger partial charge on any atom is -0.497 e. The van der Waals surface area contributed by atoms with Crippen LogP contribution in [0.4, 0.5) is 0 Å². The van der Waals surface area contributed by atoms with Gasteiger partial charge in [-0.15, -0.1) is 12.4 Å². The molecule has 0 unspecified atom stereocenters. The quantitative estimate of drug-likeness (QED) is 0.535. The van der Waals surface area contributed by atoms with E-state index in [-0.39, 0.29) is 41.6 Å². The summed E-state index contributed by atoms with van der Waals surface area (Å²) in [6.45, 7) is 4.52. The zero-order chi connectivity index (χ0) is 24.3. The minimum atomic E-state index is 0. The molecule has 7 heteroatoms. The molecule has 1 saturated carbocycles. The number of methoxy groups -OCH3 is 1. The van der Waals surface area contributed by atoms with Crippen LogP contribution in [0.2, 0.25) is 0 Å². The standard InChI is InChI=1S/C29H37N3O3.ClH/c1-35-25-11-7-22(8-12-25)20-32-21-29(19-27(32)33)14-17-31(18-15-29)16-13-26(23-5-3-2-4-6-23)30-28(34)24-9-10-24;/h2-8,11-12,24,26H,9-10,13-21H2,1H3,(H,30,34);1H/t26-;/m0./s1. The van der Waals surface area contributed by atoms with Gasteiger partial charge in [0, 0.05) is 32.0 Å². The fourth-order valence-corrected chi connectivity index (χ4v) is 5.62. The van der Waals surface area contributed by atoms with Gasteiger partial charge in [-0.1, -0.05) is 42.5 Å². The van der Waals surface area contributed by atoms with E-state index in [1.54, 1.807) is 7.11 Å². The molecular weight excluding hydrogens is 474 g/mol. The maximum absolute atomic E-state index is 12.8. The molecule has 0 aromatic heterocycles. The molecule has 2 aliphatic heterocycles. The van der Waals surface area contributed by atoms with Crippen LogP contribution < -0.4 is 10.1 Å². The van der Waals surface area contributed by atoms with E-state index in [1.165, 1.54) is 5.56 Å². The Labute approximate surface area is 220 Å². The second-order valence-corrected chi connectivity index (χ2v) is 10.7. The van der Waals surface area contributed by atoms with Gasteiger partial charge in [0.05, 0.1) is 13.2 Å². The van der Waals surface area contributed by atoms with Gasteiger partial charge >= 0.3 is 0 Å². The number of benzene rings is 2. The molecule has 3 aliphatic rings. The molecule has 2 aromatic rings. The van der Waals surface area contributed by atoms with Gasteiger partial charge in [0.1, 0.15) is 5.75 Å². The van der Waals surface area contributed by atoms with Crippen LogP contribution in [0.3, 0.4) is 0 Å². The summed E-state index contributed by atoms with van der Waals surface area (Å²) in [5.41, 5.74) is 2.44. The first kappa shape index (κ1) is 26.5. The Hall–Kier alpha value is -2.57. The second-order valence-electron chi connectivity index (χ2n) is 10.7. The summed E-state index contributed by atoms with van der Waals surface area (Å²) in [5, 5.41) is 3.30. The fourth-order valence-electron chi connectivity index (χ4n) is 5.62. The highest BCUT2D eigenvalue weighted by Gasteiger charge is 2.44. The van der Waals surface area contributed by atoms with Crippen molar-refractivity contribution in [1.29, 1.82) is 0 Å². The van der Waals surface area contributed by atoms with Crippen LogP contribution in [-0.4, -0.2) is 54.9 Å². The predicted octanol–water partition coefficient (Wildman–Crippen LogP) is 4.59. The van der Waals surface area contributed by atoms with Crippen LogP contribution in [0.1, 0.15) is 55.7 Å². The molecule has 2 saturated heterocycles. The van der Waals surface area contributed by atoms with Crippen molar-refractivity contribution < 1.29 is 14.3 Å². The average Bonchev–Trinajstić information content (AvgIpc) is 3.69. The van der Waals surface area contributed by atoms with E-state index in [0.717, 1.165) is 69.6 Å². The van der Waals surface area contributed by atoms with Crippen molar-refractivity contribution in [1.82, 2.24) is 15.1 Å². The SMILES string of the molecule is COc1ccc(CN2CC3(CCN(CC[C@H](NC(=O)C4CC4)c4ccccc4)CC3)CC2=O)cc1.Cl. The molecule has 36 heavy (non-hydrogen) atoms. The lowest BCUT2D eigenvalue weighted by Gasteiger charge is -2.39. The van der Waals surface area contributed by atoms with E-state index in [4.69, 9.17) is 4.74 Å². The topological polar surface area (TPSA) is 61.9 Å². The van der Waals surface area contributed by atoms with Crippen LogP contribution in [0.5, 0.6) is 5.75 Å². The molecule has 6 nitrogen and oxygen atoms in total. The molecule has 0 radical (unpaired) electrons. The number of carbonyl (C=O) groups excluding carboxylic acids is 2. The number of hydrogen-bond acceptors (Lipinski definition) is 4. The normalized spacial score (nSPS) is 20.1. The molecule has 1 aliphatic carbocycles. The average molecular weight is 512 g/mol. The molecule has 1 N–H and O–H groups in total. The van der Waals surface area contributed by atoms with Gasteiger partial charge in [0.2, 0.25) is 11.8 Å². The van der Waals surface area contributed by atoms with E-state index in [2.05, 4.69) is 22.3 Å². The van der Waals surface area contributed by atoms with Crippen LogP contribution in [0.15, 0.2) is 54.6 Å². The lowest BCUT2D eigenvalue weighted by molar-refractivity contribution is -0.128. The van der Waals surface area contributed by atoms with Crippen molar-refractivity contribution >= 4 is 24.2 Å². The molecule has 5 rings (SSSR count). The van der Waals surface area contributed by atoms with Crippen molar-refractivity contribution in [3.05, 3.63) is 65.7 Å². The van der Waals surface area contributed by atoms with Crippen molar-refractivity contribution in [2.45, 2.75) is 51.1 Å². The molecule has 194 valence electrons. The fraction of sp³-hybridized carbons (Fsp3) is 0.517. The Morgan fingerprint density at radius 2 is 1.78 bits per heavy atom. The van der Waals surface area contributed by atoms with Crippen LogP contribution in [-0.2, 0) is 16.1 Å². The molecule has 0 bridgehead atoms. The first-order valence-electron chi connectivity index (χ1n) is 13.0. The Bertz CT molecular complexity index is 1020. The van der Waals surface area contributed by atoms with Crippen LogP contribution in [0.25, 0.3) is 0 Å². The van der Waals surface area contributed by atoms with Gasteiger partial charge in [0.25, 0.3) is 0 Å². The third-order valence-corrected chi connectivity index (χ3v) is 8.05. The zero-order valence-electron chi connectivity index (χ0n) is 21.2. The molecule has 1 spiro atoms. The van der Waals surface area contributed by atoms with E-state index < -0.39 is 0 Å². The van der Waals surface area contributed by atoms with E-state index >= 15 is 0 Å². The van der Waals surface area contributed by atoms with Gasteiger partial charge in [-0.25, -0.2) is 0 Å². The largest absolute Gasteiger partial charge is 0.497 e. The highest BCUT2D eigenvalue weighted by Crippen LogP contribution is 2.41. The first-order valence-corrected chi connectivity index (χ1v) is 13.0. The summed E-state index contributed by atoms with van der Waals surface area (Å²) < 4.78 is 5.25. The number of carbonyl (C=O) groups is 2. The Morgan fingerprint density at radius 3 is 2.42 bits per heavy atom. The van der Waals surface area contributed by atoms with Crippen molar-refractivity contribution in [2.75, 3.05) is 33.3 Å². The monoisotopic (exact) mass is 511 g/mol.